The first kappa shape index (κ1) is 10.2. The van der Waals surface area contributed by atoms with E-state index in [9.17, 15) is 13.2 Å². The van der Waals surface area contributed by atoms with Crippen LogP contribution in [0.15, 0.2) is 18.5 Å². The molecule has 6 heteroatoms. The molecule has 0 bridgehead atoms. The Morgan fingerprint density at radius 1 is 1.09 bits per heavy atom. The van der Waals surface area contributed by atoms with E-state index in [1.165, 1.54) is 6.07 Å². The van der Waals surface area contributed by atoms with Crippen molar-refractivity contribution < 1.29 is 13.2 Å². The molecule has 0 aliphatic heterocycles. The summed E-state index contributed by atoms with van der Waals surface area (Å²) in [6, 6.07) is 1.33. The number of nitrogens with zero attached hydrogens (tertiary/aromatic N) is 2. The Balaban J connectivity index is 0.000001000. The van der Waals surface area contributed by atoms with Crippen molar-refractivity contribution in [1.82, 2.24) is 9.97 Å². The van der Waals surface area contributed by atoms with Gasteiger partial charge in [-0.25, -0.2) is 9.97 Å². The average Bonchev–Trinajstić information content (AvgIpc) is 1.88. The zero-order valence-corrected chi connectivity index (χ0v) is 5.99. The standard InChI is InChI=1S/C5H3F3N2.ClH/c6-5(7,8)4-9-2-1-3-10-4;/h1-3H;1H. The van der Waals surface area contributed by atoms with E-state index in [1.807, 2.05) is 0 Å². The molecule has 1 rings (SSSR count). The third-order valence-corrected chi connectivity index (χ3v) is 0.819. The van der Waals surface area contributed by atoms with E-state index in [1.54, 1.807) is 0 Å². The molecule has 0 unspecified atom stereocenters. The van der Waals surface area contributed by atoms with Crippen LogP contribution in [-0.4, -0.2) is 9.97 Å². The van der Waals surface area contributed by atoms with Crippen LogP contribution in [0.5, 0.6) is 0 Å². The first-order valence-electron chi connectivity index (χ1n) is 2.45. The molecule has 11 heavy (non-hydrogen) atoms. The van der Waals surface area contributed by atoms with Crippen LogP contribution in [-0.2, 0) is 6.18 Å². The van der Waals surface area contributed by atoms with Crippen LogP contribution in [0, 0.1) is 0 Å². The molecule has 0 aromatic carbocycles. The van der Waals surface area contributed by atoms with Gasteiger partial charge in [-0.15, -0.1) is 12.4 Å². The monoisotopic (exact) mass is 184 g/mol. The van der Waals surface area contributed by atoms with Gasteiger partial charge in [0.1, 0.15) is 0 Å². The largest absolute Gasteiger partial charge is 0.451 e. The summed E-state index contributed by atoms with van der Waals surface area (Å²) in [6.07, 6.45) is -2.33. The van der Waals surface area contributed by atoms with Crippen molar-refractivity contribution in [2.45, 2.75) is 6.18 Å². The minimum atomic E-state index is -4.43. The lowest BCUT2D eigenvalue weighted by Gasteiger charge is -2.01. The van der Waals surface area contributed by atoms with Crippen LogP contribution in [0.1, 0.15) is 5.82 Å². The molecule has 62 valence electrons. The van der Waals surface area contributed by atoms with E-state index in [-0.39, 0.29) is 12.4 Å². The van der Waals surface area contributed by atoms with Crippen LogP contribution in [0.2, 0.25) is 0 Å². The van der Waals surface area contributed by atoms with E-state index >= 15 is 0 Å². The van der Waals surface area contributed by atoms with E-state index in [0.717, 1.165) is 12.4 Å². The topological polar surface area (TPSA) is 25.8 Å². The number of hydrogen-bond acceptors (Lipinski definition) is 2. The maximum absolute atomic E-state index is 11.7. The third kappa shape index (κ3) is 2.71. The minimum absolute atomic E-state index is 0. The zero-order valence-electron chi connectivity index (χ0n) is 5.17. The predicted molar refractivity (Wildman–Crippen MR) is 34.3 cm³/mol. The van der Waals surface area contributed by atoms with Gasteiger partial charge >= 0.3 is 6.18 Å². The molecular formula is C5H4ClF3N2. The maximum atomic E-state index is 11.7. The Bertz CT molecular complexity index is 211. The van der Waals surface area contributed by atoms with Gasteiger partial charge in [-0.05, 0) is 6.07 Å². The van der Waals surface area contributed by atoms with E-state index in [4.69, 9.17) is 0 Å². The van der Waals surface area contributed by atoms with Gasteiger partial charge in [0.05, 0.1) is 0 Å². The fourth-order valence-electron chi connectivity index (χ4n) is 0.445. The fourth-order valence-corrected chi connectivity index (χ4v) is 0.445. The van der Waals surface area contributed by atoms with Crippen molar-refractivity contribution >= 4 is 12.4 Å². The van der Waals surface area contributed by atoms with Crippen LogP contribution in [0.4, 0.5) is 13.2 Å². The Hall–Kier alpha value is -0.840. The second-order valence-corrected chi connectivity index (χ2v) is 1.57. The lowest BCUT2D eigenvalue weighted by Crippen LogP contribution is -2.09. The number of halogens is 4. The highest BCUT2D eigenvalue weighted by molar-refractivity contribution is 5.85. The van der Waals surface area contributed by atoms with Gasteiger partial charge in [0.15, 0.2) is 0 Å². The van der Waals surface area contributed by atoms with Gasteiger partial charge in [-0.1, -0.05) is 0 Å². The van der Waals surface area contributed by atoms with Crippen molar-refractivity contribution in [1.29, 1.82) is 0 Å². The lowest BCUT2D eigenvalue weighted by atomic mass is 10.5. The van der Waals surface area contributed by atoms with Crippen molar-refractivity contribution in [2.75, 3.05) is 0 Å². The second kappa shape index (κ2) is 3.52. The highest BCUT2D eigenvalue weighted by Crippen LogP contribution is 2.24. The maximum Gasteiger partial charge on any atom is 0.451 e. The van der Waals surface area contributed by atoms with Crippen LogP contribution >= 0.6 is 12.4 Å². The summed E-state index contributed by atoms with van der Waals surface area (Å²) in [4.78, 5) is 6.03. The van der Waals surface area contributed by atoms with Crippen LogP contribution < -0.4 is 0 Å². The molecule has 0 spiro atoms. The van der Waals surface area contributed by atoms with Crippen LogP contribution in [0.25, 0.3) is 0 Å². The number of rotatable bonds is 0. The highest BCUT2D eigenvalue weighted by Gasteiger charge is 2.33. The molecule has 0 saturated heterocycles. The lowest BCUT2D eigenvalue weighted by molar-refractivity contribution is -0.145. The van der Waals surface area contributed by atoms with Crippen molar-refractivity contribution in [3.8, 4) is 0 Å². The van der Waals surface area contributed by atoms with Gasteiger partial charge in [0.2, 0.25) is 5.82 Å². The molecule has 0 atom stereocenters. The Morgan fingerprint density at radius 3 is 1.82 bits per heavy atom. The minimum Gasteiger partial charge on any atom is -0.233 e. The Morgan fingerprint density at radius 2 is 1.55 bits per heavy atom. The molecule has 0 N–H and O–H groups in total. The predicted octanol–water partition coefficient (Wildman–Crippen LogP) is 1.92. The molecule has 1 aromatic heterocycles. The molecule has 0 aliphatic carbocycles. The molecule has 2 nitrogen and oxygen atoms in total. The first-order chi connectivity index (χ1) is 4.61. The van der Waals surface area contributed by atoms with Gasteiger partial charge in [0.25, 0.3) is 0 Å². The summed E-state index contributed by atoms with van der Waals surface area (Å²) in [5, 5.41) is 0. The van der Waals surface area contributed by atoms with Crippen molar-refractivity contribution in [3.63, 3.8) is 0 Å². The quantitative estimate of drug-likeness (QED) is 0.616. The molecule has 0 aliphatic rings. The normalized spacial score (nSPS) is 10.5. The second-order valence-electron chi connectivity index (χ2n) is 1.57. The average molecular weight is 185 g/mol. The summed E-state index contributed by atoms with van der Waals surface area (Å²) in [5.41, 5.74) is 0. The molecule has 0 fully saturated rings. The third-order valence-electron chi connectivity index (χ3n) is 0.819. The van der Waals surface area contributed by atoms with E-state index < -0.39 is 12.0 Å². The van der Waals surface area contributed by atoms with Crippen molar-refractivity contribution in [3.05, 3.63) is 24.3 Å². The number of aromatic nitrogens is 2. The zero-order chi connectivity index (χ0) is 7.61. The highest BCUT2D eigenvalue weighted by atomic mass is 35.5. The summed E-state index contributed by atoms with van der Waals surface area (Å²) in [7, 11) is 0. The van der Waals surface area contributed by atoms with Crippen molar-refractivity contribution in [2.24, 2.45) is 0 Å². The van der Waals surface area contributed by atoms with Gasteiger partial charge in [0, 0.05) is 12.4 Å². The summed E-state index contributed by atoms with van der Waals surface area (Å²) < 4.78 is 35.0. The summed E-state index contributed by atoms with van der Waals surface area (Å²) >= 11 is 0. The van der Waals surface area contributed by atoms with E-state index in [0.29, 0.717) is 0 Å². The number of hydrogen-bond donors (Lipinski definition) is 0. The Labute approximate surface area is 66.9 Å². The van der Waals surface area contributed by atoms with Gasteiger partial charge in [-0.3, -0.25) is 0 Å². The smallest absolute Gasteiger partial charge is 0.233 e. The molecule has 1 aromatic rings. The molecular weight excluding hydrogens is 181 g/mol. The summed E-state index contributed by atoms with van der Waals surface area (Å²) in [5.74, 6) is -1.10. The van der Waals surface area contributed by atoms with Gasteiger partial charge < -0.3 is 0 Å². The van der Waals surface area contributed by atoms with E-state index in [2.05, 4.69) is 9.97 Å². The SMILES string of the molecule is Cl.FC(F)(F)c1ncccn1. The molecule has 0 radical (unpaired) electrons. The van der Waals surface area contributed by atoms with Crippen LogP contribution in [0.3, 0.4) is 0 Å². The molecule has 0 amide bonds. The first-order valence-corrected chi connectivity index (χ1v) is 2.45. The fraction of sp³-hybridized carbons (Fsp3) is 0.200. The Kier molecular flexibility index (Phi) is 3.25. The summed E-state index contributed by atoms with van der Waals surface area (Å²) in [6.45, 7) is 0. The molecule has 1 heterocycles. The molecule has 0 saturated carbocycles. The number of alkyl halides is 3. The van der Waals surface area contributed by atoms with Gasteiger partial charge in [-0.2, -0.15) is 13.2 Å².